The van der Waals surface area contributed by atoms with Gasteiger partial charge in [0.2, 0.25) is 0 Å². The Hall–Kier alpha value is -3.19. The monoisotopic (exact) mass is 339 g/mol. The number of hydrogen-bond acceptors (Lipinski definition) is 5. The third-order valence-corrected chi connectivity index (χ3v) is 4.26. The van der Waals surface area contributed by atoms with Crippen LogP contribution in [0.3, 0.4) is 0 Å². The van der Waals surface area contributed by atoms with E-state index in [2.05, 4.69) is 10.6 Å². The number of carbonyl (C=O) groups is 1. The van der Waals surface area contributed by atoms with E-state index in [1.807, 2.05) is 48.5 Å². The van der Waals surface area contributed by atoms with Gasteiger partial charge in [0.15, 0.2) is 0 Å². The first-order chi connectivity index (χ1) is 11.6. The lowest BCUT2D eigenvalue weighted by molar-refractivity contribution is -0.380. The Bertz CT molecular complexity index is 878. The minimum absolute atomic E-state index is 0.0594. The van der Waals surface area contributed by atoms with Gasteiger partial charge in [-0.15, -0.1) is 0 Å². The summed E-state index contributed by atoms with van der Waals surface area (Å²) in [5, 5.41) is 16.7. The molecule has 6 nitrogen and oxygen atoms in total. The molecular formula is C17H13N3O3S. The van der Waals surface area contributed by atoms with E-state index in [9.17, 15) is 14.9 Å². The number of carbonyl (C=O) groups excluding carboxylic acids is 1. The third kappa shape index (κ3) is 3.58. The van der Waals surface area contributed by atoms with Crippen LogP contribution in [0.4, 0.5) is 22.1 Å². The number of anilines is 3. The second-order valence-corrected chi connectivity index (χ2v) is 5.95. The van der Waals surface area contributed by atoms with E-state index in [0.29, 0.717) is 5.69 Å². The number of nitrogens with one attached hydrogen (secondary N) is 2. The zero-order chi connectivity index (χ0) is 16.9. The minimum Gasteiger partial charge on any atom is -0.354 e. The summed E-state index contributed by atoms with van der Waals surface area (Å²) in [6.45, 7) is 0. The van der Waals surface area contributed by atoms with Crippen LogP contribution in [0.25, 0.3) is 0 Å². The van der Waals surface area contributed by atoms with Crippen LogP contribution in [0.5, 0.6) is 0 Å². The SMILES string of the molecule is O=C(Nc1ccccc1Nc1ccccc1)c1ccc([N+](=O)[O-])s1. The van der Waals surface area contributed by atoms with Crippen molar-refractivity contribution in [1.82, 2.24) is 0 Å². The second-order valence-electron chi connectivity index (χ2n) is 4.89. The molecule has 0 bridgehead atoms. The van der Waals surface area contributed by atoms with Crippen molar-refractivity contribution in [2.75, 3.05) is 10.6 Å². The lowest BCUT2D eigenvalue weighted by Gasteiger charge is -2.12. The van der Waals surface area contributed by atoms with Crippen LogP contribution in [0, 0.1) is 10.1 Å². The Morgan fingerprint density at radius 2 is 1.58 bits per heavy atom. The van der Waals surface area contributed by atoms with Crippen LogP contribution >= 0.6 is 11.3 Å². The second kappa shape index (κ2) is 6.93. The predicted octanol–water partition coefficient (Wildman–Crippen LogP) is 4.65. The molecule has 120 valence electrons. The minimum atomic E-state index is -0.508. The zero-order valence-electron chi connectivity index (χ0n) is 12.4. The Kier molecular flexibility index (Phi) is 4.53. The maximum Gasteiger partial charge on any atom is 0.324 e. The Balaban J connectivity index is 1.79. The number of para-hydroxylation sites is 3. The van der Waals surface area contributed by atoms with Gasteiger partial charge in [-0.3, -0.25) is 14.9 Å². The molecule has 2 N–H and O–H groups in total. The molecule has 0 aliphatic rings. The molecule has 3 rings (SSSR count). The summed E-state index contributed by atoms with van der Waals surface area (Å²) in [6, 6.07) is 19.6. The first-order valence-electron chi connectivity index (χ1n) is 7.10. The highest BCUT2D eigenvalue weighted by atomic mass is 32.1. The largest absolute Gasteiger partial charge is 0.354 e. The van der Waals surface area contributed by atoms with E-state index in [4.69, 9.17) is 0 Å². The van der Waals surface area contributed by atoms with Crippen molar-refractivity contribution in [3.63, 3.8) is 0 Å². The molecule has 0 unspecified atom stereocenters. The fourth-order valence-corrected chi connectivity index (χ4v) is 2.83. The quantitative estimate of drug-likeness (QED) is 0.523. The number of benzene rings is 2. The van der Waals surface area contributed by atoms with Crippen LogP contribution in [0.1, 0.15) is 9.67 Å². The van der Waals surface area contributed by atoms with Crippen molar-refractivity contribution < 1.29 is 9.72 Å². The lowest BCUT2D eigenvalue weighted by Crippen LogP contribution is -2.11. The number of rotatable bonds is 5. The molecule has 0 fully saturated rings. The van der Waals surface area contributed by atoms with Crippen LogP contribution in [-0.2, 0) is 0 Å². The van der Waals surface area contributed by atoms with Gasteiger partial charge in [0, 0.05) is 11.8 Å². The number of hydrogen-bond donors (Lipinski definition) is 2. The lowest BCUT2D eigenvalue weighted by atomic mass is 10.2. The molecule has 0 aliphatic carbocycles. The fraction of sp³-hybridized carbons (Fsp3) is 0. The van der Waals surface area contributed by atoms with Gasteiger partial charge in [0.05, 0.1) is 21.2 Å². The maximum absolute atomic E-state index is 12.3. The van der Waals surface area contributed by atoms with Gasteiger partial charge in [-0.05, 0) is 30.3 Å². The average molecular weight is 339 g/mol. The molecule has 3 aromatic rings. The van der Waals surface area contributed by atoms with Gasteiger partial charge in [-0.2, -0.15) is 0 Å². The highest BCUT2D eigenvalue weighted by Gasteiger charge is 2.16. The van der Waals surface area contributed by atoms with Crippen LogP contribution in [0.15, 0.2) is 66.7 Å². The Labute approximate surface area is 141 Å². The van der Waals surface area contributed by atoms with Crippen molar-refractivity contribution in [3.8, 4) is 0 Å². The topological polar surface area (TPSA) is 84.3 Å². The van der Waals surface area contributed by atoms with Gasteiger partial charge >= 0.3 is 5.00 Å². The molecule has 24 heavy (non-hydrogen) atoms. The van der Waals surface area contributed by atoms with Crippen molar-refractivity contribution in [2.45, 2.75) is 0 Å². The Morgan fingerprint density at radius 1 is 0.917 bits per heavy atom. The summed E-state index contributed by atoms with van der Waals surface area (Å²) in [5.74, 6) is -0.379. The maximum atomic E-state index is 12.3. The molecule has 0 radical (unpaired) electrons. The van der Waals surface area contributed by atoms with E-state index >= 15 is 0 Å². The summed E-state index contributed by atoms with van der Waals surface area (Å²) >= 11 is 0.847. The van der Waals surface area contributed by atoms with E-state index in [0.717, 1.165) is 22.7 Å². The number of nitrogens with zero attached hydrogens (tertiary/aromatic N) is 1. The smallest absolute Gasteiger partial charge is 0.324 e. The van der Waals surface area contributed by atoms with E-state index in [-0.39, 0.29) is 15.8 Å². The van der Waals surface area contributed by atoms with E-state index in [1.165, 1.54) is 12.1 Å². The van der Waals surface area contributed by atoms with Crippen LogP contribution in [0.2, 0.25) is 0 Å². The van der Waals surface area contributed by atoms with E-state index < -0.39 is 4.92 Å². The highest BCUT2D eigenvalue weighted by molar-refractivity contribution is 7.17. The number of amides is 1. The van der Waals surface area contributed by atoms with Crippen LogP contribution in [-0.4, -0.2) is 10.8 Å². The summed E-state index contributed by atoms with van der Waals surface area (Å²) in [6.07, 6.45) is 0. The normalized spacial score (nSPS) is 10.2. The predicted molar refractivity (Wildman–Crippen MR) is 95.1 cm³/mol. The molecule has 0 aliphatic heterocycles. The van der Waals surface area contributed by atoms with Gasteiger partial charge in [-0.1, -0.05) is 41.7 Å². The molecule has 0 atom stereocenters. The number of thiophene rings is 1. The van der Waals surface area contributed by atoms with Crippen LogP contribution < -0.4 is 10.6 Å². The van der Waals surface area contributed by atoms with Gasteiger partial charge < -0.3 is 10.6 Å². The molecule has 0 saturated heterocycles. The first-order valence-corrected chi connectivity index (χ1v) is 7.92. The molecule has 1 amide bonds. The standard InChI is InChI=1S/C17H13N3O3S/c21-17(15-10-11-16(24-15)20(22)23)19-14-9-5-4-8-13(14)18-12-6-2-1-3-7-12/h1-11,18H,(H,19,21). The molecule has 1 heterocycles. The third-order valence-electron chi connectivity index (χ3n) is 3.22. The van der Waals surface area contributed by atoms with Gasteiger partial charge in [-0.25, -0.2) is 0 Å². The average Bonchev–Trinajstić information content (AvgIpc) is 3.08. The molecule has 7 heteroatoms. The first kappa shape index (κ1) is 15.7. The summed E-state index contributed by atoms with van der Waals surface area (Å²) in [7, 11) is 0. The summed E-state index contributed by atoms with van der Waals surface area (Å²) in [4.78, 5) is 22.8. The van der Waals surface area contributed by atoms with E-state index in [1.54, 1.807) is 6.07 Å². The molecule has 1 aromatic heterocycles. The number of nitro groups is 1. The van der Waals surface area contributed by atoms with Crippen molar-refractivity contribution in [2.24, 2.45) is 0 Å². The molecule has 0 spiro atoms. The Morgan fingerprint density at radius 3 is 2.25 bits per heavy atom. The van der Waals surface area contributed by atoms with Crippen molar-refractivity contribution in [3.05, 3.63) is 81.7 Å². The molecule has 0 saturated carbocycles. The zero-order valence-corrected chi connectivity index (χ0v) is 13.2. The molecule has 2 aromatic carbocycles. The van der Waals surface area contributed by atoms with Gasteiger partial charge in [0.25, 0.3) is 5.91 Å². The summed E-state index contributed by atoms with van der Waals surface area (Å²) in [5.41, 5.74) is 2.23. The highest BCUT2D eigenvalue weighted by Crippen LogP contribution is 2.28. The fourth-order valence-electron chi connectivity index (χ4n) is 2.11. The van der Waals surface area contributed by atoms with Gasteiger partial charge in [0.1, 0.15) is 0 Å². The summed E-state index contributed by atoms with van der Waals surface area (Å²) < 4.78 is 0. The molecular weight excluding hydrogens is 326 g/mol. The van der Waals surface area contributed by atoms with Crippen molar-refractivity contribution >= 4 is 39.3 Å². The van der Waals surface area contributed by atoms with Crippen molar-refractivity contribution in [1.29, 1.82) is 0 Å².